The van der Waals surface area contributed by atoms with Crippen LogP contribution in [0.3, 0.4) is 0 Å². The molecule has 0 saturated carbocycles. The van der Waals surface area contributed by atoms with Crippen LogP contribution in [0, 0.1) is 32.6 Å². The van der Waals surface area contributed by atoms with Crippen LogP contribution in [0.15, 0.2) is 73.2 Å². The maximum atomic E-state index is 6.46. The maximum absolute atomic E-state index is 6.46. The molecule has 5 heterocycles. The van der Waals surface area contributed by atoms with Gasteiger partial charge in [-0.25, -0.2) is 4.98 Å². The third-order valence-electron chi connectivity index (χ3n) is 7.71. The summed E-state index contributed by atoms with van der Waals surface area (Å²) >= 11 is 0. The van der Waals surface area contributed by atoms with E-state index >= 15 is 0 Å². The summed E-state index contributed by atoms with van der Waals surface area (Å²) in [7, 11) is 2.00. The van der Waals surface area contributed by atoms with Crippen LogP contribution in [0.1, 0.15) is 37.7 Å². The van der Waals surface area contributed by atoms with E-state index in [0.29, 0.717) is 11.5 Å². The first kappa shape index (κ1) is 28.0. The average molecular weight is 735 g/mol. The van der Waals surface area contributed by atoms with E-state index in [1.807, 2.05) is 61.2 Å². The minimum atomic E-state index is 0. The molecular formula is C34H31N6OPt-3. The van der Waals surface area contributed by atoms with Crippen molar-refractivity contribution < 1.29 is 25.8 Å². The Kier molecular flexibility index (Phi) is 6.89. The molecule has 0 N–H and O–H groups in total. The van der Waals surface area contributed by atoms with Gasteiger partial charge in [0, 0.05) is 44.2 Å². The topological polar surface area (TPSA) is 50.8 Å². The molecule has 0 radical (unpaired) electrons. The number of nitrogens with zero attached hydrogens (tertiary/aromatic N) is 6. The number of aromatic nitrogens is 4. The summed E-state index contributed by atoms with van der Waals surface area (Å²) in [6.45, 7) is 12.7. The molecule has 8 heteroatoms. The Bertz CT molecular complexity index is 2000. The van der Waals surface area contributed by atoms with E-state index in [-0.39, 0.29) is 26.5 Å². The first-order chi connectivity index (χ1) is 19.7. The monoisotopic (exact) mass is 734 g/mol. The minimum Gasteiger partial charge on any atom is -0.521 e. The van der Waals surface area contributed by atoms with Crippen molar-refractivity contribution in [2.24, 2.45) is 0 Å². The van der Waals surface area contributed by atoms with E-state index in [4.69, 9.17) is 14.7 Å². The molecule has 4 aromatic heterocycles. The molecule has 0 aliphatic carbocycles. The van der Waals surface area contributed by atoms with Crippen LogP contribution in [0.2, 0.25) is 0 Å². The zero-order valence-electron chi connectivity index (χ0n) is 24.4. The van der Waals surface area contributed by atoms with E-state index in [1.165, 1.54) is 5.56 Å². The Morgan fingerprint density at radius 2 is 1.71 bits per heavy atom. The van der Waals surface area contributed by atoms with Gasteiger partial charge in [-0.15, -0.1) is 23.6 Å². The molecule has 0 spiro atoms. The van der Waals surface area contributed by atoms with E-state index in [9.17, 15) is 0 Å². The maximum Gasteiger partial charge on any atom is 0.135 e. The van der Waals surface area contributed by atoms with Crippen molar-refractivity contribution in [1.29, 1.82) is 0 Å². The summed E-state index contributed by atoms with van der Waals surface area (Å²) in [6, 6.07) is 25.7. The molecule has 0 amide bonds. The zero-order valence-corrected chi connectivity index (χ0v) is 26.7. The van der Waals surface area contributed by atoms with Crippen molar-refractivity contribution in [3.8, 4) is 17.3 Å². The molecular weight excluding hydrogens is 703 g/mol. The third kappa shape index (κ3) is 4.66. The van der Waals surface area contributed by atoms with E-state index in [0.717, 1.165) is 50.5 Å². The molecule has 7 nitrogen and oxygen atoms in total. The number of ether oxygens (including phenoxy) is 1. The number of anilines is 1. The summed E-state index contributed by atoms with van der Waals surface area (Å²) < 4.78 is 10.7. The second-order valence-corrected chi connectivity index (χ2v) is 11.6. The number of benzene rings is 2. The molecule has 0 saturated heterocycles. The van der Waals surface area contributed by atoms with Crippen molar-refractivity contribution in [1.82, 2.24) is 23.8 Å². The van der Waals surface area contributed by atoms with Crippen molar-refractivity contribution >= 4 is 33.3 Å². The van der Waals surface area contributed by atoms with Crippen LogP contribution in [0.25, 0.3) is 33.3 Å². The predicted octanol–water partition coefficient (Wildman–Crippen LogP) is 7.47. The number of hydrogen-bond donors (Lipinski definition) is 0. The van der Waals surface area contributed by atoms with Crippen LogP contribution in [-0.2, 0) is 26.5 Å². The van der Waals surface area contributed by atoms with Crippen LogP contribution in [0.4, 0.5) is 5.82 Å². The van der Waals surface area contributed by atoms with Gasteiger partial charge in [-0.3, -0.25) is 4.98 Å². The Morgan fingerprint density at radius 1 is 0.905 bits per heavy atom. The molecule has 0 unspecified atom stereocenters. The third-order valence-corrected chi connectivity index (χ3v) is 7.71. The number of hydrogen-bond acceptors (Lipinski definition) is 5. The number of imidazole rings is 1. The fourth-order valence-corrected chi connectivity index (χ4v) is 5.43. The summed E-state index contributed by atoms with van der Waals surface area (Å²) in [5.41, 5.74) is 6.05. The van der Waals surface area contributed by atoms with Gasteiger partial charge in [0.1, 0.15) is 5.82 Å². The number of pyridine rings is 2. The van der Waals surface area contributed by atoms with E-state index in [1.54, 1.807) is 0 Å². The Labute approximate surface area is 260 Å². The second-order valence-electron chi connectivity index (χ2n) is 11.6. The molecule has 0 atom stereocenters. The first-order valence-electron chi connectivity index (χ1n) is 13.7. The van der Waals surface area contributed by atoms with Crippen LogP contribution in [-0.4, -0.2) is 30.9 Å². The fourth-order valence-electron chi connectivity index (χ4n) is 5.43. The van der Waals surface area contributed by atoms with E-state index < -0.39 is 0 Å². The largest absolute Gasteiger partial charge is 0.521 e. The Morgan fingerprint density at radius 3 is 2.48 bits per heavy atom. The zero-order chi connectivity index (χ0) is 28.5. The van der Waals surface area contributed by atoms with Crippen LogP contribution in [0.5, 0.6) is 11.5 Å². The van der Waals surface area contributed by atoms with Gasteiger partial charge < -0.3 is 23.5 Å². The Balaban J connectivity index is 0.00000316. The number of para-hydroxylation sites is 1. The van der Waals surface area contributed by atoms with Crippen molar-refractivity contribution in [3.05, 3.63) is 109 Å². The molecule has 0 bridgehead atoms. The van der Waals surface area contributed by atoms with Gasteiger partial charge in [-0.2, -0.15) is 18.8 Å². The minimum absolute atomic E-state index is 0. The molecule has 6 aromatic rings. The normalized spacial score (nSPS) is 13.5. The summed E-state index contributed by atoms with van der Waals surface area (Å²) in [6.07, 6.45) is 5.88. The number of rotatable bonds is 4. The summed E-state index contributed by atoms with van der Waals surface area (Å²) in [5.74, 6) is 2.85. The smallest absolute Gasteiger partial charge is 0.135 e. The SMILES string of the molecule is Cc1nc2cc(Oc3[c-]c4c(cc3)c3ccccc3n4-c3cc(C(C)(C)C)ccn3)[c-]c(N3C=CN(C)[CH-]3)n2c1C.[Pt]. The van der Waals surface area contributed by atoms with Crippen molar-refractivity contribution in [3.63, 3.8) is 0 Å². The fraction of sp³-hybridized carbons (Fsp3) is 0.206. The van der Waals surface area contributed by atoms with Crippen molar-refractivity contribution in [2.75, 3.05) is 11.9 Å². The Hall–Kier alpha value is -4.09. The molecule has 216 valence electrons. The van der Waals surface area contributed by atoms with Gasteiger partial charge >= 0.3 is 0 Å². The molecule has 7 rings (SSSR count). The molecule has 1 aliphatic heterocycles. The van der Waals surface area contributed by atoms with Gasteiger partial charge in [0.25, 0.3) is 0 Å². The van der Waals surface area contributed by atoms with Gasteiger partial charge in [0.05, 0.1) is 11.3 Å². The van der Waals surface area contributed by atoms with Gasteiger partial charge in [0.15, 0.2) is 0 Å². The summed E-state index contributed by atoms with van der Waals surface area (Å²) in [5, 5.41) is 2.24. The predicted molar refractivity (Wildman–Crippen MR) is 163 cm³/mol. The first-order valence-corrected chi connectivity index (χ1v) is 13.7. The van der Waals surface area contributed by atoms with Crippen LogP contribution < -0.4 is 9.64 Å². The van der Waals surface area contributed by atoms with Gasteiger partial charge in [-0.1, -0.05) is 44.5 Å². The van der Waals surface area contributed by atoms with Gasteiger partial charge in [0.2, 0.25) is 0 Å². The molecule has 2 aromatic carbocycles. The molecule has 42 heavy (non-hydrogen) atoms. The number of fused-ring (bicyclic) bond motifs is 4. The standard InChI is InChI=1S/C34H31N6O.Pt/c1-22-23(2)39-32(36-22)19-26(20-33(39)38-16-15-37(6)21-38)41-25-11-12-28-27-9-7-8-10-29(27)40(30(28)18-25)31-17-24(13-14-35-31)34(3,4)5;/h7-17,19,21H,1-6H3;/q-3;. The van der Waals surface area contributed by atoms with E-state index in [2.05, 4.69) is 91.3 Å². The quantitative estimate of drug-likeness (QED) is 0.176. The molecule has 0 fully saturated rings. The van der Waals surface area contributed by atoms with Gasteiger partial charge in [-0.05, 0) is 79.4 Å². The van der Waals surface area contributed by atoms with Crippen LogP contribution >= 0.6 is 0 Å². The average Bonchev–Trinajstić information content (AvgIpc) is 3.61. The summed E-state index contributed by atoms with van der Waals surface area (Å²) in [4.78, 5) is 13.6. The molecule has 1 aliphatic rings. The number of aryl methyl sites for hydroxylation is 2. The second kappa shape index (κ2) is 10.3. The van der Waals surface area contributed by atoms with Crippen molar-refractivity contribution in [2.45, 2.75) is 40.0 Å².